The van der Waals surface area contributed by atoms with E-state index in [0.717, 1.165) is 24.1 Å². The van der Waals surface area contributed by atoms with Crippen molar-refractivity contribution in [2.45, 2.75) is 38.6 Å². The van der Waals surface area contributed by atoms with Gasteiger partial charge in [-0.25, -0.2) is 4.98 Å². The molecule has 0 saturated heterocycles. The van der Waals surface area contributed by atoms with E-state index in [0.29, 0.717) is 27.9 Å². The highest BCUT2D eigenvalue weighted by Crippen LogP contribution is 2.57. The molecule has 25 heavy (non-hydrogen) atoms. The fourth-order valence-corrected chi connectivity index (χ4v) is 3.79. The van der Waals surface area contributed by atoms with Gasteiger partial charge in [0.2, 0.25) is 12.0 Å². The van der Waals surface area contributed by atoms with Crippen LogP contribution in [0.2, 0.25) is 0 Å². The number of rotatable bonds is 5. The number of aliphatic hydroxyl groups excluding tert-OH is 1. The van der Waals surface area contributed by atoms with Gasteiger partial charge < -0.3 is 15.6 Å². The molecule has 0 bridgehead atoms. The van der Waals surface area contributed by atoms with Crippen LogP contribution in [0.5, 0.6) is 0 Å². The van der Waals surface area contributed by atoms with E-state index in [1.807, 2.05) is 18.4 Å². The normalized spacial score (nSPS) is 21.8. The zero-order valence-corrected chi connectivity index (χ0v) is 14.3. The minimum atomic E-state index is -0.277. The van der Waals surface area contributed by atoms with E-state index in [1.165, 1.54) is 18.6 Å². The molecule has 0 aliphatic heterocycles. The molecule has 2 aliphatic rings. The number of hydrogen-bond acceptors (Lipinski definition) is 4. The average Bonchev–Trinajstić information content (AvgIpc) is 3.08. The van der Waals surface area contributed by atoms with Crippen LogP contribution in [0.3, 0.4) is 0 Å². The summed E-state index contributed by atoms with van der Waals surface area (Å²) in [6.07, 6.45) is 8.04. The van der Waals surface area contributed by atoms with Crippen LogP contribution in [0, 0.1) is 17.0 Å². The van der Waals surface area contributed by atoms with Gasteiger partial charge in [-0.15, -0.1) is 0 Å². The second-order valence-corrected chi connectivity index (χ2v) is 7.36. The number of nitrogens with one attached hydrogen (secondary N) is 1. The summed E-state index contributed by atoms with van der Waals surface area (Å²) in [6, 6.07) is -0.277. The lowest BCUT2D eigenvalue weighted by Gasteiger charge is -2.19. The summed E-state index contributed by atoms with van der Waals surface area (Å²) < 4.78 is 2.61. The third kappa shape index (κ3) is 2.68. The first-order valence-corrected chi connectivity index (χ1v) is 8.70. The Kier molecular flexibility index (Phi) is 3.76. The van der Waals surface area contributed by atoms with E-state index in [-0.39, 0.29) is 24.5 Å². The number of fused-ring (bicyclic) bond motifs is 3. The lowest BCUT2D eigenvalue weighted by atomic mass is 10.0. The summed E-state index contributed by atoms with van der Waals surface area (Å²) in [6.45, 7) is 3.84. The molecule has 1 saturated carbocycles. The molecule has 0 unspecified atom stereocenters. The molecule has 2 N–H and O–H groups in total. The van der Waals surface area contributed by atoms with Gasteiger partial charge in [-0.05, 0) is 30.2 Å². The molecule has 0 aromatic carbocycles. The first kappa shape index (κ1) is 16.1. The predicted molar refractivity (Wildman–Crippen MR) is 90.3 cm³/mol. The minimum Gasteiger partial charge on any atom is -0.619 e. The van der Waals surface area contributed by atoms with E-state index >= 15 is 0 Å². The first-order valence-electron chi connectivity index (χ1n) is 8.70. The highest BCUT2D eigenvalue weighted by atomic mass is 16.5. The van der Waals surface area contributed by atoms with Crippen LogP contribution in [-0.2, 0) is 6.42 Å². The third-order valence-corrected chi connectivity index (χ3v) is 5.36. The number of aliphatic hydroxyl groups is 1. The maximum Gasteiger partial charge on any atom is 0.253 e. The fourth-order valence-electron chi connectivity index (χ4n) is 3.79. The van der Waals surface area contributed by atoms with Gasteiger partial charge in [0.05, 0.1) is 24.4 Å². The Morgan fingerprint density at radius 2 is 2.36 bits per heavy atom. The molecule has 7 heteroatoms. The van der Waals surface area contributed by atoms with Crippen LogP contribution in [-0.4, -0.2) is 33.2 Å². The molecule has 0 spiro atoms. The van der Waals surface area contributed by atoms with Crippen molar-refractivity contribution in [3.05, 3.63) is 46.8 Å². The molecular weight excluding hydrogens is 320 g/mol. The van der Waals surface area contributed by atoms with Gasteiger partial charge in [0.1, 0.15) is 0 Å². The minimum absolute atomic E-state index is 0.0893. The molecule has 3 atom stereocenters. The van der Waals surface area contributed by atoms with Crippen molar-refractivity contribution in [3.8, 4) is 5.82 Å². The quantitative estimate of drug-likeness (QED) is 0.624. The zero-order chi connectivity index (χ0) is 17.7. The van der Waals surface area contributed by atoms with Gasteiger partial charge >= 0.3 is 0 Å². The number of carbonyl (C=O) groups is 1. The average molecular weight is 342 g/mol. The van der Waals surface area contributed by atoms with Crippen molar-refractivity contribution in [3.63, 3.8) is 0 Å². The lowest BCUT2D eigenvalue weighted by molar-refractivity contribution is -0.605. The maximum absolute atomic E-state index is 12.8. The summed E-state index contributed by atoms with van der Waals surface area (Å²) in [5, 5.41) is 24.0. The fraction of sp³-hybridized carbons (Fsp3) is 0.500. The topological polar surface area (TPSA) is 94.1 Å². The molecule has 2 heterocycles. The van der Waals surface area contributed by atoms with E-state index < -0.39 is 0 Å². The molecule has 7 nitrogen and oxygen atoms in total. The summed E-state index contributed by atoms with van der Waals surface area (Å²) in [5.41, 5.74) is 2.80. The molecule has 4 rings (SSSR count). The molecule has 2 aromatic rings. The van der Waals surface area contributed by atoms with Crippen molar-refractivity contribution in [1.82, 2.24) is 14.9 Å². The Hall–Kier alpha value is -2.41. The molecule has 132 valence electrons. The lowest BCUT2D eigenvalue weighted by Crippen LogP contribution is -2.41. The molecular formula is C18H22N4O3. The standard InChI is InChI=1S/C18H22N4O3/c1-10(2)15(9-23)20-18(24)14-7-22(16-8-21(25)4-3-19-16)17-12-5-11(12)6-13(14)17/h3-4,7-8,10-12,15,23H,5-6,9H2,1-2H3,(H,20,24)/t11-,12-,15-/m1/s1. The Morgan fingerprint density at radius 3 is 3.04 bits per heavy atom. The Morgan fingerprint density at radius 1 is 1.56 bits per heavy atom. The third-order valence-electron chi connectivity index (χ3n) is 5.36. The van der Waals surface area contributed by atoms with Crippen molar-refractivity contribution in [2.75, 3.05) is 6.61 Å². The Labute approximate surface area is 145 Å². The van der Waals surface area contributed by atoms with Crippen molar-refractivity contribution in [1.29, 1.82) is 0 Å². The number of aromatic nitrogens is 3. The smallest absolute Gasteiger partial charge is 0.253 e. The van der Waals surface area contributed by atoms with E-state index in [1.54, 1.807) is 6.20 Å². The monoisotopic (exact) mass is 342 g/mol. The van der Waals surface area contributed by atoms with Gasteiger partial charge in [-0.1, -0.05) is 13.8 Å². The van der Waals surface area contributed by atoms with Crippen LogP contribution >= 0.6 is 0 Å². The second-order valence-electron chi connectivity index (χ2n) is 7.36. The summed E-state index contributed by atoms with van der Waals surface area (Å²) in [4.78, 5) is 17.1. The van der Waals surface area contributed by atoms with Crippen LogP contribution < -0.4 is 10.0 Å². The number of carbonyl (C=O) groups excluding carboxylic acids is 1. The van der Waals surface area contributed by atoms with Crippen molar-refractivity contribution >= 4 is 5.91 Å². The van der Waals surface area contributed by atoms with Crippen LogP contribution in [0.4, 0.5) is 0 Å². The van der Waals surface area contributed by atoms with Gasteiger partial charge in [0, 0.05) is 17.8 Å². The zero-order valence-electron chi connectivity index (χ0n) is 14.3. The number of hydrogen-bond donors (Lipinski definition) is 2. The molecule has 1 amide bonds. The maximum atomic E-state index is 12.8. The molecule has 2 aliphatic carbocycles. The van der Waals surface area contributed by atoms with Crippen molar-refractivity contribution in [2.24, 2.45) is 11.8 Å². The predicted octanol–water partition coefficient (Wildman–Crippen LogP) is 0.912. The SMILES string of the molecule is CC(C)[C@@H](CO)NC(=O)c1cn(-c2c[n+]([O-])ccn2)c2c1C[C@H]1C[C@@H]21. The molecule has 1 fully saturated rings. The Bertz CT molecular complexity index is 830. The largest absolute Gasteiger partial charge is 0.619 e. The molecule has 2 aromatic heterocycles. The van der Waals surface area contributed by atoms with Gasteiger partial charge in [0.15, 0.2) is 6.20 Å². The first-order chi connectivity index (χ1) is 12.0. The number of amides is 1. The molecule has 0 radical (unpaired) electrons. The van der Waals surface area contributed by atoms with Crippen LogP contribution in [0.25, 0.3) is 5.82 Å². The van der Waals surface area contributed by atoms with Crippen LogP contribution in [0.1, 0.15) is 47.8 Å². The van der Waals surface area contributed by atoms with E-state index in [4.69, 9.17) is 0 Å². The van der Waals surface area contributed by atoms with Gasteiger partial charge in [-0.3, -0.25) is 9.36 Å². The van der Waals surface area contributed by atoms with E-state index in [2.05, 4.69) is 10.3 Å². The highest BCUT2D eigenvalue weighted by molar-refractivity contribution is 5.96. The van der Waals surface area contributed by atoms with Gasteiger partial charge in [-0.2, -0.15) is 4.73 Å². The second kappa shape index (κ2) is 5.84. The highest BCUT2D eigenvalue weighted by Gasteiger charge is 2.49. The van der Waals surface area contributed by atoms with Crippen molar-refractivity contribution < 1.29 is 14.6 Å². The van der Waals surface area contributed by atoms with E-state index in [9.17, 15) is 15.1 Å². The van der Waals surface area contributed by atoms with Gasteiger partial charge in [0.25, 0.3) is 5.91 Å². The van der Waals surface area contributed by atoms with Crippen LogP contribution in [0.15, 0.2) is 24.8 Å². The summed E-state index contributed by atoms with van der Waals surface area (Å²) in [5.74, 6) is 1.56. The summed E-state index contributed by atoms with van der Waals surface area (Å²) >= 11 is 0. The Balaban J connectivity index is 1.72. The number of nitrogens with zero attached hydrogens (tertiary/aromatic N) is 3. The summed E-state index contributed by atoms with van der Waals surface area (Å²) in [7, 11) is 0.